The van der Waals surface area contributed by atoms with Gasteiger partial charge < -0.3 is 9.64 Å². The van der Waals surface area contributed by atoms with Crippen LogP contribution < -0.4 is 5.01 Å². The third kappa shape index (κ3) is 4.53. The van der Waals surface area contributed by atoms with Crippen molar-refractivity contribution in [2.24, 2.45) is 11.0 Å². The Morgan fingerprint density at radius 1 is 1.15 bits per heavy atom. The number of nitrogens with zero attached hydrogens (tertiary/aromatic N) is 3. The number of amides is 2. The minimum absolute atomic E-state index is 0.158. The molecular weight excluding hydrogens is 346 g/mol. The number of rotatable bonds is 4. The van der Waals surface area contributed by atoms with E-state index in [1.54, 1.807) is 36.1 Å². The fourth-order valence-corrected chi connectivity index (χ4v) is 3.24. The summed E-state index contributed by atoms with van der Waals surface area (Å²) in [6, 6.07) is 8.93. The molecule has 1 aromatic carbocycles. The number of carbonyl (C=O) groups excluding carboxylic acids is 3. The number of para-hydroxylation sites is 1. The first-order valence-corrected chi connectivity index (χ1v) is 9.41. The first kappa shape index (κ1) is 19.1. The van der Waals surface area contributed by atoms with E-state index < -0.39 is 12.1 Å². The van der Waals surface area contributed by atoms with Gasteiger partial charge in [0.15, 0.2) is 6.10 Å². The topological polar surface area (TPSA) is 79.3 Å². The van der Waals surface area contributed by atoms with Crippen LogP contribution in [0.2, 0.25) is 0 Å². The third-order valence-corrected chi connectivity index (χ3v) is 5.00. The van der Waals surface area contributed by atoms with Crippen LogP contribution in [0.1, 0.15) is 39.5 Å². The number of likely N-dealkylation sites (tertiary alicyclic amines) is 1. The Bertz CT molecular complexity index is 739. The molecule has 3 rings (SSSR count). The highest BCUT2D eigenvalue weighted by molar-refractivity contribution is 6.38. The smallest absolute Gasteiger partial charge is 0.355 e. The second kappa shape index (κ2) is 8.33. The van der Waals surface area contributed by atoms with Gasteiger partial charge in [-0.25, -0.2) is 9.80 Å². The van der Waals surface area contributed by atoms with E-state index in [4.69, 9.17) is 4.74 Å². The third-order valence-electron chi connectivity index (χ3n) is 5.00. The zero-order valence-corrected chi connectivity index (χ0v) is 15.8. The molecule has 144 valence electrons. The molecule has 0 unspecified atom stereocenters. The van der Waals surface area contributed by atoms with Gasteiger partial charge in [0.05, 0.1) is 5.69 Å². The quantitative estimate of drug-likeness (QED) is 0.761. The van der Waals surface area contributed by atoms with E-state index in [1.165, 1.54) is 5.01 Å². The van der Waals surface area contributed by atoms with Crippen LogP contribution in [0.4, 0.5) is 5.69 Å². The van der Waals surface area contributed by atoms with Crippen molar-refractivity contribution in [1.29, 1.82) is 0 Å². The number of ether oxygens (including phenoxy) is 1. The molecule has 2 amide bonds. The van der Waals surface area contributed by atoms with Gasteiger partial charge >= 0.3 is 5.97 Å². The van der Waals surface area contributed by atoms with Crippen molar-refractivity contribution in [3.05, 3.63) is 30.3 Å². The Morgan fingerprint density at radius 3 is 2.48 bits per heavy atom. The Balaban J connectivity index is 1.64. The summed E-state index contributed by atoms with van der Waals surface area (Å²) in [4.78, 5) is 38.9. The number of esters is 1. The second-order valence-electron chi connectivity index (χ2n) is 7.14. The minimum Gasteiger partial charge on any atom is -0.448 e. The van der Waals surface area contributed by atoms with E-state index in [1.807, 2.05) is 6.07 Å². The van der Waals surface area contributed by atoms with Crippen LogP contribution in [0, 0.1) is 5.92 Å². The van der Waals surface area contributed by atoms with Crippen LogP contribution in [-0.2, 0) is 19.1 Å². The molecule has 0 bridgehead atoms. The second-order valence-corrected chi connectivity index (χ2v) is 7.14. The molecule has 27 heavy (non-hydrogen) atoms. The predicted octanol–water partition coefficient (Wildman–Crippen LogP) is 2.36. The van der Waals surface area contributed by atoms with Gasteiger partial charge in [-0.05, 0) is 37.8 Å². The Morgan fingerprint density at radius 2 is 1.81 bits per heavy atom. The van der Waals surface area contributed by atoms with Crippen molar-refractivity contribution in [2.45, 2.75) is 45.6 Å². The van der Waals surface area contributed by atoms with E-state index in [0.717, 1.165) is 12.8 Å². The average molecular weight is 371 g/mol. The molecule has 2 aliphatic rings. The molecule has 2 heterocycles. The molecule has 1 atom stereocenters. The van der Waals surface area contributed by atoms with E-state index in [0.29, 0.717) is 24.7 Å². The predicted molar refractivity (Wildman–Crippen MR) is 101 cm³/mol. The SMILES string of the molecule is CC1CCN(C(=O)[C@H](C)OC(=O)C2=NN(c3ccccc3)C(=O)CC2)CC1. The molecule has 1 fully saturated rings. The standard InChI is InChI=1S/C20H25N3O4/c1-14-10-12-22(13-11-14)19(25)15(2)27-20(26)17-8-9-18(24)23(21-17)16-6-4-3-5-7-16/h3-7,14-15H,8-13H2,1-2H3/t15-/m0/s1. The molecule has 7 heteroatoms. The monoisotopic (exact) mass is 371 g/mol. The highest BCUT2D eigenvalue weighted by Gasteiger charge is 2.31. The fraction of sp³-hybridized carbons (Fsp3) is 0.500. The van der Waals surface area contributed by atoms with Gasteiger partial charge in [-0.2, -0.15) is 5.10 Å². The molecule has 0 saturated carbocycles. The number of benzene rings is 1. The fourth-order valence-electron chi connectivity index (χ4n) is 3.24. The van der Waals surface area contributed by atoms with E-state index in [-0.39, 0.29) is 30.4 Å². The molecular formula is C20H25N3O4. The lowest BCUT2D eigenvalue weighted by Gasteiger charge is -2.32. The molecule has 0 radical (unpaired) electrons. The van der Waals surface area contributed by atoms with E-state index >= 15 is 0 Å². The maximum Gasteiger partial charge on any atom is 0.355 e. The molecule has 0 aromatic heterocycles. The zero-order chi connectivity index (χ0) is 19.4. The van der Waals surface area contributed by atoms with Gasteiger partial charge in [0, 0.05) is 25.9 Å². The molecule has 0 spiro atoms. The summed E-state index contributed by atoms with van der Waals surface area (Å²) < 4.78 is 5.35. The number of carbonyl (C=O) groups is 3. The Hall–Kier alpha value is -2.70. The van der Waals surface area contributed by atoms with Crippen LogP contribution >= 0.6 is 0 Å². The lowest BCUT2D eigenvalue weighted by Crippen LogP contribution is -2.45. The van der Waals surface area contributed by atoms with E-state index in [2.05, 4.69) is 12.0 Å². The summed E-state index contributed by atoms with van der Waals surface area (Å²) in [5, 5.41) is 5.39. The van der Waals surface area contributed by atoms with Crippen molar-refractivity contribution in [3.8, 4) is 0 Å². The largest absolute Gasteiger partial charge is 0.448 e. The van der Waals surface area contributed by atoms with Crippen LogP contribution in [0.3, 0.4) is 0 Å². The highest BCUT2D eigenvalue weighted by atomic mass is 16.5. The maximum atomic E-state index is 12.5. The average Bonchev–Trinajstić information content (AvgIpc) is 2.69. The van der Waals surface area contributed by atoms with Gasteiger partial charge in [0.2, 0.25) is 5.91 Å². The molecule has 1 aromatic rings. The molecule has 2 aliphatic heterocycles. The van der Waals surface area contributed by atoms with Crippen molar-refractivity contribution in [1.82, 2.24) is 4.90 Å². The van der Waals surface area contributed by atoms with E-state index in [9.17, 15) is 14.4 Å². The maximum absolute atomic E-state index is 12.5. The first-order valence-electron chi connectivity index (χ1n) is 9.41. The number of piperidine rings is 1. The molecule has 1 saturated heterocycles. The summed E-state index contributed by atoms with van der Waals surface area (Å²) in [5.41, 5.74) is 0.754. The number of hydrogen-bond acceptors (Lipinski definition) is 5. The van der Waals surface area contributed by atoms with Gasteiger partial charge in [-0.1, -0.05) is 25.1 Å². The lowest BCUT2D eigenvalue weighted by molar-refractivity contribution is -0.154. The van der Waals surface area contributed by atoms with Gasteiger partial charge in [0.1, 0.15) is 5.71 Å². The van der Waals surface area contributed by atoms with Gasteiger partial charge in [-0.3, -0.25) is 9.59 Å². The van der Waals surface area contributed by atoms with Crippen molar-refractivity contribution in [3.63, 3.8) is 0 Å². The number of hydrazone groups is 1. The summed E-state index contributed by atoms with van der Waals surface area (Å²) in [6.07, 6.45) is 1.45. The zero-order valence-electron chi connectivity index (χ0n) is 15.8. The molecule has 0 aliphatic carbocycles. The van der Waals surface area contributed by atoms with Gasteiger partial charge in [-0.15, -0.1) is 0 Å². The molecule has 7 nitrogen and oxygen atoms in total. The van der Waals surface area contributed by atoms with Crippen molar-refractivity contribution in [2.75, 3.05) is 18.1 Å². The Kier molecular flexibility index (Phi) is 5.88. The minimum atomic E-state index is -0.864. The van der Waals surface area contributed by atoms with Crippen LogP contribution in [0.5, 0.6) is 0 Å². The summed E-state index contributed by atoms with van der Waals surface area (Å²) in [5.74, 6) is -0.383. The normalized spacial score (nSPS) is 19.5. The lowest BCUT2D eigenvalue weighted by atomic mass is 9.99. The summed E-state index contributed by atoms with van der Waals surface area (Å²) in [6.45, 7) is 5.15. The highest BCUT2D eigenvalue weighted by Crippen LogP contribution is 2.21. The van der Waals surface area contributed by atoms with Crippen molar-refractivity contribution >= 4 is 29.2 Å². The van der Waals surface area contributed by atoms with Crippen LogP contribution in [0.25, 0.3) is 0 Å². The number of hydrogen-bond donors (Lipinski definition) is 0. The van der Waals surface area contributed by atoms with Gasteiger partial charge in [0.25, 0.3) is 5.91 Å². The molecule has 0 N–H and O–H groups in total. The Labute approximate surface area is 159 Å². The first-order chi connectivity index (χ1) is 13.0. The van der Waals surface area contributed by atoms with Crippen molar-refractivity contribution < 1.29 is 19.1 Å². The summed E-state index contributed by atoms with van der Waals surface area (Å²) >= 11 is 0. The van der Waals surface area contributed by atoms with Crippen LogP contribution in [-0.4, -0.2) is 47.6 Å². The number of anilines is 1. The summed E-state index contributed by atoms with van der Waals surface area (Å²) in [7, 11) is 0. The van der Waals surface area contributed by atoms with Crippen LogP contribution in [0.15, 0.2) is 35.4 Å².